The molecule has 146 valence electrons. The number of benzene rings is 1. The van der Waals surface area contributed by atoms with Crippen LogP contribution in [-0.4, -0.2) is 36.6 Å². The molecule has 0 aliphatic carbocycles. The minimum atomic E-state index is -0.357. The van der Waals surface area contributed by atoms with E-state index >= 15 is 0 Å². The molecule has 0 saturated carbocycles. The van der Waals surface area contributed by atoms with Crippen molar-refractivity contribution in [3.8, 4) is 0 Å². The molecule has 0 aliphatic heterocycles. The fourth-order valence-corrected chi connectivity index (χ4v) is 4.21. The van der Waals surface area contributed by atoms with Gasteiger partial charge in [0, 0.05) is 24.7 Å². The zero-order valence-electron chi connectivity index (χ0n) is 16.7. The molecule has 0 fully saturated rings. The Labute approximate surface area is 168 Å². The third kappa shape index (κ3) is 3.94. The standard InChI is InChI=1S/C21H24N4O2S/c1-12-18(14(3)26)13(2)22-19(12)20(27)15(4)28-21-24-23-17(25(21)5)11-16-9-7-6-8-10-16/h6-10,15,22H,11H2,1-5H3/t15-/m1/s1. The molecule has 6 nitrogen and oxygen atoms in total. The second-order valence-corrected chi connectivity index (χ2v) is 8.23. The Kier molecular flexibility index (Phi) is 5.84. The number of H-pyrrole nitrogens is 1. The van der Waals surface area contributed by atoms with Gasteiger partial charge in [-0.05, 0) is 38.8 Å². The van der Waals surface area contributed by atoms with Crippen LogP contribution in [0.3, 0.4) is 0 Å². The van der Waals surface area contributed by atoms with Gasteiger partial charge < -0.3 is 9.55 Å². The molecular weight excluding hydrogens is 372 g/mol. The molecule has 0 bridgehead atoms. The van der Waals surface area contributed by atoms with Crippen LogP contribution in [0.2, 0.25) is 0 Å². The molecule has 3 rings (SSSR count). The lowest BCUT2D eigenvalue weighted by Gasteiger charge is -2.10. The van der Waals surface area contributed by atoms with Crippen molar-refractivity contribution in [2.45, 2.75) is 44.5 Å². The number of carbonyl (C=O) groups is 2. The summed E-state index contributed by atoms with van der Waals surface area (Å²) >= 11 is 1.37. The number of hydrogen-bond donors (Lipinski definition) is 1. The van der Waals surface area contributed by atoms with E-state index in [0.717, 1.165) is 17.1 Å². The van der Waals surface area contributed by atoms with E-state index in [1.807, 2.05) is 50.6 Å². The number of Topliss-reactive ketones (excluding diaryl/α,β-unsaturated/α-hetero) is 2. The molecule has 3 aromatic rings. The maximum absolute atomic E-state index is 12.9. The quantitative estimate of drug-likeness (QED) is 0.484. The molecule has 1 aromatic carbocycles. The number of aryl methyl sites for hydroxylation is 1. The first-order valence-corrected chi connectivity index (χ1v) is 10.0. The van der Waals surface area contributed by atoms with E-state index in [1.54, 1.807) is 0 Å². The molecule has 0 unspecified atom stereocenters. The van der Waals surface area contributed by atoms with Crippen LogP contribution < -0.4 is 0 Å². The maximum Gasteiger partial charge on any atom is 0.192 e. The van der Waals surface area contributed by atoms with E-state index in [1.165, 1.54) is 18.7 Å². The first-order valence-electron chi connectivity index (χ1n) is 9.12. The summed E-state index contributed by atoms with van der Waals surface area (Å²) in [5, 5.41) is 8.88. The number of aromatic amines is 1. The van der Waals surface area contributed by atoms with Gasteiger partial charge >= 0.3 is 0 Å². The predicted molar refractivity (Wildman–Crippen MR) is 110 cm³/mol. The Bertz CT molecular complexity index is 1020. The summed E-state index contributed by atoms with van der Waals surface area (Å²) < 4.78 is 1.93. The van der Waals surface area contributed by atoms with E-state index in [-0.39, 0.29) is 16.8 Å². The number of aromatic nitrogens is 4. The van der Waals surface area contributed by atoms with Gasteiger partial charge in [0.1, 0.15) is 5.82 Å². The third-order valence-electron chi connectivity index (χ3n) is 4.82. The largest absolute Gasteiger partial charge is 0.355 e. The van der Waals surface area contributed by atoms with Crippen LogP contribution in [0.1, 0.15) is 57.3 Å². The van der Waals surface area contributed by atoms with Crippen LogP contribution in [0, 0.1) is 13.8 Å². The Balaban J connectivity index is 1.76. The highest BCUT2D eigenvalue weighted by Gasteiger charge is 2.25. The van der Waals surface area contributed by atoms with Gasteiger partial charge in [-0.1, -0.05) is 42.1 Å². The van der Waals surface area contributed by atoms with E-state index in [4.69, 9.17) is 0 Å². The van der Waals surface area contributed by atoms with Gasteiger partial charge in [-0.15, -0.1) is 10.2 Å². The molecule has 0 saturated heterocycles. The third-order valence-corrected chi connectivity index (χ3v) is 5.95. The van der Waals surface area contributed by atoms with E-state index in [9.17, 15) is 9.59 Å². The van der Waals surface area contributed by atoms with Crippen molar-refractivity contribution in [3.63, 3.8) is 0 Å². The summed E-state index contributed by atoms with van der Waals surface area (Å²) in [5.41, 5.74) is 3.70. The first kappa shape index (κ1) is 20.1. The highest BCUT2D eigenvalue weighted by Crippen LogP contribution is 2.27. The Hall–Kier alpha value is -2.67. The Morgan fingerprint density at radius 1 is 1.18 bits per heavy atom. The Morgan fingerprint density at radius 3 is 2.46 bits per heavy atom. The van der Waals surface area contributed by atoms with Gasteiger partial charge in [-0.2, -0.15) is 0 Å². The average molecular weight is 397 g/mol. The lowest BCUT2D eigenvalue weighted by Crippen LogP contribution is -2.16. The van der Waals surface area contributed by atoms with Crippen molar-refractivity contribution in [1.29, 1.82) is 0 Å². The van der Waals surface area contributed by atoms with Crippen molar-refractivity contribution < 1.29 is 9.59 Å². The zero-order valence-corrected chi connectivity index (χ0v) is 17.6. The molecule has 0 amide bonds. The first-order chi connectivity index (χ1) is 13.3. The molecular formula is C21H24N4O2S. The van der Waals surface area contributed by atoms with E-state index in [0.29, 0.717) is 28.4 Å². The minimum absolute atomic E-state index is 0.0375. The number of carbonyl (C=O) groups excluding carboxylic acids is 2. The van der Waals surface area contributed by atoms with E-state index in [2.05, 4.69) is 27.3 Å². The predicted octanol–water partition coefficient (Wildman–Crippen LogP) is 3.92. The average Bonchev–Trinajstić information content (AvgIpc) is 3.15. The molecule has 1 N–H and O–H groups in total. The van der Waals surface area contributed by atoms with Gasteiger partial charge in [-0.3, -0.25) is 9.59 Å². The lowest BCUT2D eigenvalue weighted by molar-refractivity contribution is 0.0988. The van der Waals surface area contributed by atoms with Crippen LogP contribution >= 0.6 is 11.8 Å². The second-order valence-electron chi connectivity index (χ2n) is 6.93. The van der Waals surface area contributed by atoms with Crippen LogP contribution in [0.25, 0.3) is 0 Å². The fourth-order valence-electron chi connectivity index (χ4n) is 3.32. The second kappa shape index (κ2) is 8.14. The summed E-state index contributed by atoms with van der Waals surface area (Å²) in [7, 11) is 1.91. The zero-order chi connectivity index (χ0) is 20.4. The summed E-state index contributed by atoms with van der Waals surface area (Å²) in [4.78, 5) is 27.9. The van der Waals surface area contributed by atoms with Crippen LogP contribution in [0.15, 0.2) is 35.5 Å². The van der Waals surface area contributed by atoms with Crippen molar-refractivity contribution in [1.82, 2.24) is 19.7 Å². The van der Waals surface area contributed by atoms with Crippen molar-refractivity contribution in [2.75, 3.05) is 0 Å². The van der Waals surface area contributed by atoms with Gasteiger partial charge in [0.25, 0.3) is 0 Å². The molecule has 0 radical (unpaired) electrons. The lowest BCUT2D eigenvalue weighted by atomic mass is 10.0. The number of rotatable bonds is 7. The molecule has 7 heteroatoms. The van der Waals surface area contributed by atoms with Crippen molar-refractivity contribution >= 4 is 23.3 Å². The van der Waals surface area contributed by atoms with Gasteiger partial charge in [-0.25, -0.2) is 0 Å². The highest BCUT2D eigenvalue weighted by molar-refractivity contribution is 8.00. The van der Waals surface area contributed by atoms with Gasteiger partial charge in [0.05, 0.1) is 10.9 Å². The molecule has 2 heterocycles. The number of hydrogen-bond acceptors (Lipinski definition) is 5. The number of thioether (sulfide) groups is 1. The van der Waals surface area contributed by atoms with E-state index < -0.39 is 0 Å². The van der Waals surface area contributed by atoms with Gasteiger partial charge in [0.2, 0.25) is 0 Å². The number of nitrogens with one attached hydrogen (secondary N) is 1. The normalized spacial score (nSPS) is 12.2. The van der Waals surface area contributed by atoms with Crippen LogP contribution in [-0.2, 0) is 13.5 Å². The van der Waals surface area contributed by atoms with Crippen molar-refractivity contribution in [2.24, 2.45) is 7.05 Å². The summed E-state index contributed by atoms with van der Waals surface area (Å²) in [6.07, 6.45) is 0.685. The summed E-state index contributed by atoms with van der Waals surface area (Å²) in [6.45, 7) is 6.99. The summed E-state index contributed by atoms with van der Waals surface area (Å²) in [6, 6.07) is 10.1. The molecule has 28 heavy (non-hydrogen) atoms. The highest BCUT2D eigenvalue weighted by atomic mass is 32.2. The van der Waals surface area contributed by atoms with Crippen LogP contribution in [0.5, 0.6) is 0 Å². The SMILES string of the molecule is CC(=O)c1c(C)[nH]c(C(=O)[C@@H](C)Sc2nnc(Cc3ccccc3)n2C)c1C. The van der Waals surface area contributed by atoms with Gasteiger partial charge in [0.15, 0.2) is 16.7 Å². The topological polar surface area (TPSA) is 80.6 Å². The molecule has 1 atom stereocenters. The molecule has 2 aromatic heterocycles. The monoisotopic (exact) mass is 396 g/mol. The number of nitrogens with zero attached hydrogens (tertiary/aromatic N) is 3. The summed E-state index contributed by atoms with van der Waals surface area (Å²) in [5.74, 6) is 0.759. The molecule has 0 spiro atoms. The van der Waals surface area contributed by atoms with Crippen molar-refractivity contribution in [3.05, 3.63) is 64.2 Å². The smallest absolute Gasteiger partial charge is 0.192 e. The maximum atomic E-state index is 12.9. The minimum Gasteiger partial charge on any atom is -0.355 e. The number of ketones is 2. The molecule has 0 aliphatic rings. The fraction of sp³-hybridized carbons (Fsp3) is 0.333. The Morgan fingerprint density at radius 2 is 1.86 bits per heavy atom. The van der Waals surface area contributed by atoms with Crippen LogP contribution in [0.4, 0.5) is 0 Å².